The van der Waals surface area contributed by atoms with Crippen LogP contribution in [0.2, 0.25) is 0 Å². The van der Waals surface area contributed by atoms with Gasteiger partial charge in [0.15, 0.2) is 5.76 Å². The molecule has 1 atom stereocenters. The van der Waals surface area contributed by atoms with Crippen molar-refractivity contribution in [3.8, 4) is 0 Å². The van der Waals surface area contributed by atoms with Crippen LogP contribution in [0.25, 0.3) is 0 Å². The Balaban J connectivity index is 2.72. The molecule has 0 unspecified atom stereocenters. The first-order valence-corrected chi connectivity index (χ1v) is 8.06. The van der Waals surface area contributed by atoms with Crippen molar-refractivity contribution in [3.63, 3.8) is 0 Å². The fourth-order valence-electron chi connectivity index (χ4n) is 1.52. The SMILES string of the molecule is CC(C)[C@@H](NC(=O)c1ccc(CNS(C)(=O)=O)o1)C(=O)O. The number of carboxylic acid groups (broad SMARTS) is 1. The molecule has 0 radical (unpaired) electrons. The number of nitrogens with one attached hydrogen (secondary N) is 2. The molecule has 8 nitrogen and oxygen atoms in total. The molecule has 9 heteroatoms. The maximum absolute atomic E-state index is 11.9. The molecule has 0 fully saturated rings. The van der Waals surface area contributed by atoms with Gasteiger partial charge in [0.1, 0.15) is 11.8 Å². The molecule has 21 heavy (non-hydrogen) atoms. The Morgan fingerprint density at radius 2 is 1.95 bits per heavy atom. The van der Waals surface area contributed by atoms with Crippen LogP contribution in [0.15, 0.2) is 16.5 Å². The van der Waals surface area contributed by atoms with Crippen molar-refractivity contribution in [1.29, 1.82) is 0 Å². The molecule has 1 heterocycles. The summed E-state index contributed by atoms with van der Waals surface area (Å²) >= 11 is 0. The molecule has 1 amide bonds. The smallest absolute Gasteiger partial charge is 0.326 e. The number of carbonyl (C=O) groups is 2. The first-order valence-electron chi connectivity index (χ1n) is 6.17. The van der Waals surface area contributed by atoms with Gasteiger partial charge < -0.3 is 14.8 Å². The van der Waals surface area contributed by atoms with Gasteiger partial charge in [-0.05, 0) is 18.1 Å². The van der Waals surface area contributed by atoms with E-state index in [9.17, 15) is 18.0 Å². The lowest BCUT2D eigenvalue weighted by atomic mass is 10.0. The topological polar surface area (TPSA) is 126 Å². The van der Waals surface area contributed by atoms with Crippen molar-refractivity contribution in [2.75, 3.05) is 6.26 Å². The number of carbonyl (C=O) groups excluding carboxylic acids is 1. The molecular weight excluding hydrogens is 300 g/mol. The fraction of sp³-hybridized carbons (Fsp3) is 0.500. The lowest BCUT2D eigenvalue weighted by Gasteiger charge is -2.16. The Morgan fingerprint density at radius 1 is 1.33 bits per heavy atom. The molecule has 0 spiro atoms. The number of hydrogen-bond donors (Lipinski definition) is 3. The van der Waals surface area contributed by atoms with Crippen LogP contribution in [0, 0.1) is 5.92 Å². The number of amides is 1. The molecule has 0 aliphatic carbocycles. The third kappa shape index (κ3) is 5.56. The van der Waals surface area contributed by atoms with Gasteiger partial charge >= 0.3 is 5.97 Å². The minimum Gasteiger partial charge on any atom is -0.480 e. The quantitative estimate of drug-likeness (QED) is 0.658. The van der Waals surface area contributed by atoms with Gasteiger partial charge in [-0.2, -0.15) is 0 Å². The summed E-state index contributed by atoms with van der Waals surface area (Å²) in [5.41, 5.74) is 0. The monoisotopic (exact) mass is 318 g/mol. The summed E-state index contributed by atoms with van der Waals surface area (Å²) in [5.74, 6) is -1.91. The highest BCUT2D eigenvalue weighted by Crippen LogP contribution is 2.10. The van der Waals surface area contributed by atoms with Gasteiger partial charge in [0.25, 0.3) is 5.91 Å². The van der Waals surface area contributed by atoms with Crippen molar-refractivity contribution in [2.45, 2.75) is 26.4 Å². The van der Waals surface area contributed by atoms with Crippen LogP contribution < -0.4 is 10.0 Å². The highest BCUT2D eigenvalue weighted by Gasteiger charge is 2.25. The standard InChI is InChI=1S/C12H18N2O6S/c1-7(2)10(12(16)17)14-11(15)9-5-4-8(20-9)6-13-21(3,18)19/h4-5,7,10,13H,6H2,1-3H3,(H,14,15)(H,16,17)/t10-/m1/s1. The van der Waals surface area contributed by atoms with Crippen LogP contribution in [0.1, 0.15) is 30.2 Å². The fourth-order valence-corrected chi connectivity index (χ4v) is 1.93. The summed E-state index contributed by atoms with van der Waals surface area (Å²) < 4.78 is 29.3. The lowest BCUT2D eigenvalue weighted by molar-refractivity contribution is -0.140. The minimum atomic E-state index is -3.36. The number of furan rings is 1. The van der Waals surface area contributed by atoms with Crippen LogP contribution in [-0.2, 0) is 21.4 Å². The zero-order valence-electron chi connectivity index (χ0n) is 11.9. The number of rotatable bonds is 7. The number of aliphatic carboxylic acids is 1. The highest BCUT2D eigenvalue weighted by molar-refractivity contribution is 7.88. The Kier molecular flexibility index (Phi) is 5.50. The summed E-state index contributed by atoms with van der Waals surface area (Å²) in [5, 5.41) is 11.3. The summed E-state index contributed by atoms with van der Waals surface area (Å²) in [7, 11) is -3.36. The molecule has 1 rings (SSSR count). The van der Waals surface area contributed by atoms with Crippen LogP contribution in [0.5, 0.6) is 0 Å². The van der Waals surface area contributed by atoms with E-state index in [0.717, 1.165) is 6.26 Å². The lowest BCUT2D eigenvalue weighted by Crippen LogP contribution is -2.44. The second-order valence-electron chi connectivity index (χ2n) is 4.89. The average molecular weight is 318 g/mol. The van der Waals surface area contributed by atoms with Crippen molar-refractivity contribution in [2.24, 2.45) is 5.92 Å². The van der Waals surface area contributed by atoms with E-state index in [1.165, 1.54) is 12.1 Å². The molecule has 0 saturated heterocycles. The van der Waals surface area contributed by atoms with Crippen LogP contribution in [0.4, 0.5) is 0 Å². The van der Waals surface area contributed by atoms with Gasteiger partial charge in [-0.15, -0.1) is 0 Å². The molecule has 0 bridgehead atoms. The molecule has 118 valence electrons. The average Bonchev–Trinajstić information content (AvgIpc) is 2.80. The zero-order chi connectivity index (χ0) is 16.2. The third-order valence-electron chi connectivity index (χ3n) is 2.61. The summed E-state index contributed by atoms with van der Waals surface area (Å²) in [6.45, 7) is 3.25. The van der Waals surface area contributed by atoms with Gasteiger partial charge in [-0.1, -0.05) is 13.8 Å². The van der Waals surface area contributed by atoms with Crippen LogP contribution in [0.3, 0.4) is 0 Å². The predicted molar refractivity (Wildman–Crippen MR) is 74.1 cm³/mol. The second kappa shape index (κ2) is 6.72. The van der Waals surface area contributed by atoms with E-state index in [0.29, 0.717) is 0 Å². The molecule has 0 aromatic carbocycles. The summed E-state index contributed by atoms with van der Waals surface area (Å²) in [4.78, 5) is 22.9. The first-order chi connectivity index (χ1) is 9.60. The first kappa shape index (κ1) is 17.2. The minimum absolute atomic E-state index is 0.0767. The summed E-state index contributed by atoms with van der Waals surface area (Å²) in [6, 6.07) is 1.77. The van der Waals surface area contributed by atoms with Crippen molar-refractivity contribution >= 4 is 21.9 Å². The normalized spacial score (nSPS) is 13.1. The van der Waals surface area contributed by atoms with E-state index in [1.807, 2.05) is 0 Å². The van der Waals surface area contributed by atoms with E-state index in [4.69, 9.17) is 9.52 Å². The maximum atomic E-state index is 11.9. The molecule has 1 aromatic rings. The zero-order valence-corrected chi connectivity index (χ0v) is 12.7. The Morgan fingerprint density at radius 3 is 2.43 bits per heavy atom. The molecule has 1 aromatic heterocycles. The predicted octanol–water partition coefficient (Wildman–Crippen LogP) is 0.168. The van der Waals surface area contributed by atoms with Crippen molar-refractivity contribution in [1.82, 2.24) is 10.0 Å². The van der Waals surface area contributed by atoms with E-state index < -0.39 is 27.9 Å². The molecule has 0 saturated carbocycles. The van der Waals surface area contributed by atoms with Crippen LogP contribution >= 0.6 is 0 Å². The molecule has 0 aliphatic rings. The van der Waals surface area contributed by atoms with E-state index in [-0.39, 0.29) is 24.0 Å². The van der Waals surface area contributed by atoms with Gasteiger partial charge in [-0.3, -0.25) is 4.79 Å². The number of carboxylic acids is 1. The Hall–Kier alpha value is -1.87. The molecular formula is C12H18N2O6S. The highest BCUT2D eigenvalue weighted by atomic mass is 32.2. The second-order valence-corrected chi connectivity index (χ2v) is 6.73. The summed E-state index contributed by atoms with van der Waals surface area (Å²) in [6.07, 6.45) is 1.00. The van der Waals surface area contributed by atoms with E-state index >= 15 is 0 Å². The number of sulfonamides is 1. The Bertz CT molecular complexity index is 619. The van der Waals surface area contributed by atoms with Gasteiger partial charge in [-0.25, -0.2) is 17.9 Å². The van der Waals surface area contributed by atoms with Crippen molar-refractivity contribution < 1.29 is 27.5 Å². The largest absolute Gasteiger partial charge is 0.480 e. The third-order valence-corrected chi connectivity index (χ3v) is 3.28. The number of hydrogen-bond acceptors (Lipinski definition) is 5. The maximum Gasteiger partial charge on any atom is 0.326 e. The van der Waals surface area contributed by atoms with Crippen molar-refractivity contribution in [3.05, 3.63) is 23.7 Å². The van der Waals surface area contributed by atoms with Gasteiger partial charge in [0.05, 0.1) is 12.8 Å². The van der Waals surface area contributed by atoms with Gasteiger partial charge in [0.2, 0.25) is 10.0 Å². The van der Waals surface area contributed by atoms with Gasteiger partial charge in [0, 0.05) is 0 Å². The van der Waals surface area contributed by atoms with E-state index in [2.05, 4.69) is 10.0 Å². The van der Waals surface area contributed by atoms with Crippen LogP contribution in [-0.4, -0.2) is 37.7 Å². The molecule has 0 aliphatic heterocycles. The van der Waals surface area contributed by atoms with E-state index in [1.54, 1.807) is 13.8 Å². The Labute approximate surface area is 122 Å². The molecule has 3 N–H and O–H groups in total.